The number of fused-ring (bicyclic) bond motifs is 3. The largest absolute Gasteiger partial charge is 0.491 e. The first-order valence-corrected chi connectivity index (χ1v) is 12.8. The van der Waals surface area contributed by atoms with Gasteiger partial charge < -0.3 is 25.1 Å². The van der Waals surface area contributed by atoms with Crippen molar-refractivity contribution in [2.45, 2.75) is 82.1 Å². The molecule has 6 rings (SSSR count). The van der Waals surface area contributed by atoms with Crippen molar-refractivity contribution >= 4 is 22.8 Å². The summed E-state index contributed by atoms with van der Waals surface area (Å²) in [5.41, 5.74) is 9.18. The Morgan fingerprint density at radius 1 is 1.20 bits per heavy atom. The maximum atomic E-state index is 11.5. The van der Waals surface area contributed by atoms with Gasteiger partial charge in [0.25, 0.3) is 0 Å². The van der Waals surface area contributed by atoms with Gasteiger partial charge in [-0.1, -0.05) is 12.1 Å². The van der Waals surface area contributed by atoms with Crippen molar-refractivity contribution in [1.82, 2.24) is 19.9 Å². The molecule has 1 aromatic carbocycles. The van der Waals surface area contributed by atoms with Gasteiger partial charge in [-0.15, -0.1) is 0 Å². The highest BCUT2D eigenvalue weighted by atomic mass is 16.6. The second kappa shape index (κ2) is 8.82. The maximum Gasteiger partial charge on any atom is 0.217 e. The van der Waals surface area contributed by atoms with Crippen molar-refractivity contribution in [3.05, 3.63) is 36.8 Å². The average molecular weight is 476 g/mol. The molecule has 184 valence electrons. The highest BCUT2D eigenvalue weighted by Crippen LogP contribution is 2.44. The Kier molecular flexibility index (Phi) is 5.63. The zero-order chi connectivity index (χ0) is 24.0. The number of aromatic nitrogens is 3. The molecule has 0 unspecified atom stereocenters. The smallest absolute Gasteiger partial charge is 0.217 e. The molecule has 0 spiro atoms. The monoisotopic (exact) mass is 475 g/mol. The second-order valence-electron chi connectivity index (χ2n) is 10.4. The Hall–Kier alpha value is -3.13. The summed E-state index contributed by atoms with van der Waals surface area (Å²) in [5.74, 6) is 1.36. The van der Waals surface area contributed by atoms with E-state index in [0.717, 1.165) is 79.3 Å². The Morgan fingerprint density at radius 3 is 2.71 bits per heavy atom. The summed E-state index contributed by atoms with van der Waals surface area (Å²) in [6, 6.07) is 8.75. The fourth-order valence-corrected chi connectivity index (χ4v) is 6.24. The molecule has 3 fully saturated rings. The van der Waals surface area contributed by atoms with E-state index in [1.165, 1.54) is 6.33 Å². The Morgan fingerprint density at radius 2 is 2.00 bits per heavy atom. The van der Waals surface area contributed by atoms with Crippen LogP contribution in [0.3, 0.4) is 0 Å². The van der Waals surface area contributed by atoms with E-state index in [1.807, 2.05) is 12.1 Å². The molecule has 1 saturated carbocycles. The molecular formula is C27H33N5O3. The van der Waals surface area contributed by atoms with Gasteiger partial charge in [-0.25, -0.2) is 9.97 Å². The number of nitrogens with two attached hydrogens (primary N) is 1. The van der Waals surface area contributed by atoms with Crippen molar-refractivity contribution in [3.63, 3.8) is 0 Å². The molecule has 2 saturated heterocycles. The van der Waals surface area contributed by atoms with E-state index in [2.05, 4.69) is 38.2 Å². The zero-order valence-corrected chi connectivity index (χ0v) is 20.2. The van der Waals surface area contributed by atoms with Crippen LogP contribution in [-0.4, -0.2) is 44.8 Å². The highest BCUT2D eigenvalue weighted by molar-refractivity contribution is 6.00. The van der Waals surface area contributed by atoms with E-state index in [9.17, 15) is 4.79 Å². The zero-order valence-electron chi connectivity index (χ0n) is 20.2. The molecular weight excluding hydrogens is 442 g/mol. The molecule has 1 aliphatic carbocycles. The number of nitrogen functional groups attached to an aromatic ring is 1. The fraction of sp³-hybridized carbons (Fsp3) is 0.519. The normalized spacial score (nSPS) is 27.9. The number of anilines is 1. The minimum absolute atomic E-state index is 0.0385. The standard InChI is InChI=1S/C27H33N5O3/c1-17(33)31-19-5-7-20(8-6-19)32-14-23(24-25(28)29-16-30-26(24)32)18-3-2-4-22(13-18)34-15-27-11-9-21(35-27)10-12-27/h2-4,13-14,16,19-21H,5-12,15H2,1H3,(H,31,33)(H2,28,29,30)/t19-,20-,21?,27?. The summed E-state index contributed by atoms with van der Waals surface area (Å²) in [5, 5.41) is 3.94. The van der Waals surface area contributed by atoms with Crippen LogP contribution in [0.1, 0.15) is 64.3 Å². The van der Waals surface area contributed by atoms with Crippen molar-refractivity contribution in [2.75, 3.05) is 12.3 Å². The number of benzene rings is 1. The van der Waals surface area contributed by atoms with Crippen LogP contribution < -0.4 is 15.8 Å². The lowest BCUT2D eigenvalue weighted by atomic mass is 9.89. The predicted molar refractivity (Wildman–Crippen MR) is 134 cm³/mol. The van der Waals surface area contributed by atoms with Gasteiger partial charge in [0.15, 0.2) is 0 Å². The molecule has 1 amide bonds. The molecule has 3 N–H and O–H groups in total. The van der Waals surface area contributed by atoms with Crippen LogP contribution in [0.25, 0.3) is 22.2 Å². The Bertz CT molecular complexity index is 1240. The van der Waals surface area contributed by atoms with Gasteiger partial charge in [0.1, 0.15) is 35.7 Å². The van der Waals surface area contributed by atoms with Gasteiger partial charge in [0.2, 0.25) is 5.91 Å². The van der Waals surface area contributed by atoms with E-state index in [4.69, 9.17) is 15.2 Å². The van der Waals surface area contributed by atoms with E-state index in [-0.39, 0.29) is 17.6 Å². The van der Waals surface area contributed by atoms with Crippen LogP contribution in [-0.2, 0) is 9.53 Å². The number of rotatable bonds is 6. The summed E-state index contributed by atoms with van der Waals surface area (Å²) in [7, 11) is 0. The first-order valence-electron chi connectivity index (χ1n) is 12.8. The van der Waals surface area contributed by atoms with Crippen LogP contribution in [0.15, 0.2) is 36.8 Å². The SMILES string of the molecule is CC(=O)N[C@H]1CC[C@H](n2cc(-c3cccc(OCC45CCC(CC4)O5)c3)c3c(N)ncnc32)CC1. The number of ether oxygens (including phenoxy) is 2. The lowest BCUT2D eigenvalue weighted by molar-refractivity contribution is -0.119. The lowest BCUT2D eigenvalue weighted by Gasteiger charge is -2.30. The maximum absolute atomic E-state index is 11.5. The molecule has 0 atom stereocenters. The van der Waals surface area contributed by atoms with Crippen molar-refractivity contribution in [3.8, 4) is 16.9 Å². The number of carbonyl (C=O) groups excluding carboxylic acids is 1. The van der Waals surface area contributed by atoms with Crippen LogP contribution in [0.5, 0.6) is 5.75 Å². The molecule has 3 aromatic rings. The van der Waals surface area contributed by atoms with Crippen LogP contribution in [0.2, 0.25) is 0 Å². The third-order valence-corrected chi connectivity index (χ3v) is 8.04. The Labute approximate surface area is 205 Å². The molecule has 2 aromatic heterocycles. The Balaban J connectivity index is 1.27. The van der Waals surface area contributed by atoms with E-state index in [1.54, 1.807) is 6.92 Å². The summed E-state index contributed by atoms with van der Waals surface area (Å²) in [6.07, 6.45) is 12.5. The molecule has 2 bridgehead atoms. The first kappa shape index (κ1) is 22.3. The third kappa shape index (κ3) is 4.24. The number of amides is 1. The van der Waals surface area contributed by atoms with E-state index >= 15 is 0 Å². The number of nitrogens with zero attached hydrogens (tertiary/aromatic N) is 3. The van der Waals surface area contributed by atoms with Crippen molar-refractivity contribution < 1.29 is 14.3 Å². The van der Waals surface area contributed by atoms with Gasteiger partial charge in [0, 0.05) is 30.8 Å². The average Bonchev–Trinajstić information content (AvgIpc) is 3.57. The van der Waals surface area contributed by atoms with E-state index in [0.29, 0.717) is 24.6 Å². The van der Waals surface area contributed by atoms with Crippen molar-refractivity contribution in [2.24, 2.45) is 0 Å². The van der Waals surface area contributed by atoms with Gasteiger partial charge in [-0.3, -0.25) is 4.79 Å². The molecule has 8 heteroatoms. The van der Waals surface area contributed by atoms with Crippen LogP contribution in [0.4, 0.5) is 5.82 Å². The number of carbonyl (C=O) groups is 1. The molecule has 0 radical (unpaired) electrons. The van der Waals surface area contributed by atoms with E-state index < -0.39 is 0 Å². The highest BCUT2D eigenvalue weighted by Gasteiger charge is 2.46. The summed E-state index contributed by atoms with van der Waals surface area (Å²) in [4.78, 5) is 20.4. The number of hydrogen-bond donors (Lipinski definition) is 2. The molecule has 2 aliphatic heterocycles. The van der Waals surface area contributed by atoms with Gasteiger partial charge in [-0.05, 0) is 69.1 Å². The first-order chi connectivity index (χ1) is 17.0. The second-order valence-corrected chi connectivity index (χ2v) is 10.4. The topological polar surface area (TPSA) is 104 Å². The fourth-order valence-electron chi connectivity index (χ4n) is 6.24. The number of hydrogen-bond acceptors (Lipinski definition) is 6. The quantitative estimate of drug-likeness (QED) is 0.548. The van der Waals surface area contributed by atoms with Gasteiger partial charge in [0.05, 0.1) is 11.5 Å². The summed E-state index contributed by atoms with van der Waals surface area (Å²) < 4.78 is 14.7. The molecule has 3 aliphatic rings. The summed E-state index contributed by atoms with van der Waals surface area (Å²) in [6.45, 7) is 2.18. The van der Waals surface area contributed by atoms with Crippen LogP contribution in [0, 0.1) is 0 Å². The minimum Gasteiger partial charge on any atom is -0.491 e. The summed E-state index contributed by atoms with van der Waals surface area (Å²) >= 11 is 0. The van der Waals surface area contributed by atoms with Gasteiger partial charge in [-0.2, -0.15) is 0 Å². The minimum atomic E-state index is -0.106. The molecule has 35 heavy (non-hydrogen) atoms. The third-order valence-electron chi connectivity index (χ3n) is 8.04. The van der Waals surface area contributed by atoms with Gasteiger partial charge >= 0.3 is 0 Å². The predicted octanol–water partition coefficient (Wildman–Crippen LogP) is 4.39. The molecule has 8 nitrogen and oxygen atoms in total. The van der Waals surface area contributed by atoms with Crippen LogP contribution >= 0.6 is 0 Å². The number of nitrogens with one attached hydrogen (secondary N) is 1. The lowest BCUT2D eigenvalue weighted by Crippen LogP contribution is -2.36. The molecule has 4 heterocycles. The van der Waals surface area contributed by atoms with Crippen molar-refractivity contribution in [1.29, 1.82) is 0 Å².